The molecule has 1 atom stereocenters. The first-order valence-corrected chi connectivity index (χ1v) is 10.2. The number of benzene rings is 3. The van der Waals surface area contributed by atoms with Crippen LogP contribution in [0.4, 0.5) is 5.69 Å². The molecule has 0 aromatic heterocycles. The van der Waals surface area contributed by atoms with Gasteiger partial charge in [-0.25, -0.2) is 0 Å². The third-order valence-electron chi connectivity index (χ3n) is 5.05. The molecule has 0 unspecified atom stereocenters. The Hall–Kier alpha value is -2.58. The molecule has 0 radical (unpaired) electrons. The van der Waals surface area contributed by atoms with E-state index in [9.17, 15) is 4.79 Å². The topological polar surface area (TPSA) is 29.1 Å². The van der Waals surface area contributed by atoms with Gasteiger partial charge in [0.15, 0.2) is 5.78 Å². The number of aryl methyl sites for hydroxylation is 2. The van der Waals surface area contributed by atoms with Gasteiger partial charge in [0.1, 0.15) is 0 Å². The summed E-state index contributed by atoms with van der Waals surface area (Å²) >= 11 is 6.05. The number of hydrogen-bond donors (Lipinski definition) is 1. The predicted octanol–water partition coefficient (Wildman–Crippen LogP) is 6.89. The highest BCUT2D eigenvalue weighted by Crippen LogP contribution is 2.26. The van der Waals surface area contributed by atoms with E-state index in [2.05, 4.69) is 43.4 Å². The van der Waals surface area contributed by atoms with Crippen molar-refractivity contribution in [2.75, 3.05) is 5.32 Å². The molecule has 3 aromatic carbocycles. The molecule has 0 fully saturated rings. The van der Waals surface area contributed by atoms with Gasteiger partial charge in [-0.1, -0.05) is 74.0 Å². The summed E-state index contributed by atoms with van der Waals surface area (Å²) < 4.78 is 0. The standard InChI is InChI=1S/C25H26ClNO/c1-3-18-5-9-21(10-6-18)25(28)17-24(20-11-13-22(26)14-12-20)27-23-15-7-19(4-2)8-16-23/h5-16,24,27H,3-4,17H2,1-2H3/t24-/m0/s1. The number of carbonyl (C=O) groups is 1. The Morgan fingerprint density at radius 3 is 1.89 bits per heavy atom. The molecule has 0 aliphatic heterocycles. The normalized spacial score (nSPS) is 11.8. The SMILES string of the molecule is CCc1ccc(N[C@@H](CC(=O)c2ccc(CC)cc2)c2ccc(Cl)cc2)cc1. The number of carbonyl (C=O) groups excluding carboxylic acids is 1. The van der Waals surface area contributed by atoms with Crippen molar-refractivity contribution in [2.45, 2.75) is 39.2 Å². The molecule has 0 bridgehead atoms. The first-order chi connectivity index (χ1) is 13.6. The monoisotopic (exact) mass is 391 g/mol. The molecule has 1 N–H and O–H groups in total. The molecule has 28 heavy (non-hydrogen) atoms. The van der Waals surface area contributed by atoms with Crippen LogP contribution in [-0.2, 0) is 12.8 Å². The summed E-state index contributed by atoms with van der Waals surface area (Å²) in [6, 6.07) is 23.9. The lowest BCUT2D eigenvalue weighted by Crippen LogP contribution is -2.16. The Balaban J connectivity index is 1.82. The highest BCUT2D eigenvalue weighted by molar-refractivity contribution is 6.30. The van der Waals surface area contributed by atoms with Gasteiger partial charge in [0.05, 0.1) is 6.04 Å². The average molecular weight is 392 g/mol. The van der Waals surface area contributed by atoms with Gasteiger partial charge in [-0.3, -0.25) is 4.79 Å². The molecule has 0 amide bonds. The van der Waals surface area contributed by atoms with E-state index >= 15 is 0 Å². The summed E-state index contributed by atoms with van der Waals surface area (Å²) in [5.41, 5.74) is 5.33. The van der Waals surface area contributed by atoms with E-state index in [1.165, 1.54) is 11.1 Å². The van der Waals surface area contributed by atoms with E-state index in [0.717, 1.165) is 29.7 Å². The second kappa shape index (κ2) is 9.57. The van der Waals surface area contributed by atoms with Crippen molar-refractivity contribution in [1.82, 2.24) is 0 Å². The summed E-state index contributed by atoms with van der Waals surface area (Å²) in [6.45, 7) is 4.25. The van der Waals surface area contributed by atoms with Crippen molar-refractivity contribution in [3.05, 3.63) is 100 Å². The minimum Gasteiger partial charge on any atom is -0.378 e. The Morgan fingerprint density at radius 1 is 0.821 bits per heavy atom. The Bertz CT molecular complexity index is 899. The molecule has 3 aromatic rings. The lowest BCUT2D eigenvalue weighted by molar-refractivity contribution is 0.0976. The van der Waals surface area contributed by atoms with Crippen molar-refractivity contribution in [3.8, 4) is 0 Å². The van der Waals surface area contributed by atoms with Crippen LogP contribution in [0.5, 0.6) is 0 Å². The maximum Gasteiger partial charge on any atom is 0.165 e. The van der Waals surface area contributed by atoms with E-state index in [4.69, 9.17) is 11.6 Å². The van der Waals surface area contributed by atoms with Gasteiger partial charge in [0.25, 0.3) is 0 Å². The molecular weight excluding hydrogens is 366 g/mol. The van der Waals surface area contributed by atoms with Gasteiger partial charge in [-0.05, 0) is 53.8 Å². The number of rotatable bonds is 8. The van der Waals surface area contributed by atoms with E-state index in [-0.39, 0.29) is 11.8 Å². The molecule has 144 valence electrons. The molecule has 0 aliphatic carbocycles. The highest BCUT2D eigenvalue weighted by Gasteiger charge is 2.17. The van der Waals surface area contributed by atoms with Crippen LogP contribution in [-0.4, -0.2) is 5.78 Å². The largest absolute Gasteiger partial charge is 0.378 e. The van der Waals surface area contributed by atoms with Crippen molar-refractivity contribution >= 4 is 23.1 Å². The van der Waals surface area contributed by atoms with Crippen LogP contribution in [0.25, 0.3) is 0 Å². The van der Waals surface area contributed by atoms with Crippen LogP contribution < -0.4 is 5.32 Å². The second-order valence-corrected chi connectivity index (χ2v) is 7.41. The lowest BCUT2D eigenvalue weighted by atomic mass is 9.96. The molecule has 0 aliphatic rings. The molecule has 0 spiro atoms. The Kier molecular flexibility index (Phi) is 6.89. The van der Waals surface area contributed by atoms with Crippen LogP contribution in [0.3, 0.4) is 0 Å². The number of anilines is 1. The maximum atomic E-state index is 12.9. The van der Waals surface area contributed by atoms with Gasteiger partial charge in [-0.15, -0.1) is 0 Å². The smallest absolute Gasteiger partial charge is 0.165 e. The summed E-state index contributed by atoms with van der Waals surface area (Å²) in [5.74, 6) is 0.125. The summed E-state index contributed by atoms with van der Waals surface area (Å²) in [6.07, 6.45) is 2.35. The minimum atomic E-state index is -0.122. The zero-order valence-electron chi connectivity index (χ0n) is 16.4. The zero-order valence-corrected chi connectivity index (χ0v) is 17.2. The molecule has 0 heterocycles. The number of halogens is 1. The average Bonchev–Trinajstić information content (AvgIpc) is 2.74. The van der Waals surface area contributed by atoms with Crippen LogP contribution in [0.2, 0.25) is 5.02 Å². The molecule has 2 nitrogen and oxygen atoms in total. The minimum absolute atomic E-state index is 0.122. The van der Waals surface area contributed by atoms with Crippen LogP contribution in [0.1, 0.15) is 53.4 Å². The van der Waals surface area contributed by atoms with Crippen molar-refractivity contribution in [2.24, 2.45) is 0 Å². The zero-order chi connectivity index (χ0) is 19.9. The summed E-state index contributed by atoms with van der Waals surface area (Å²) in [7, 11) is 0. The number of nitrogens with one attached hydrogen (secondary N) is 1. The fraction of sp³-hybridized carbons (Fsp3) is 0.240. The highest BCUT2D eigenvalue weighted by atomic mass is 35.5. The van der Waals surface area contributed by atoms with E-state index in [1.54, 1.807) is 0 Å². The maximum absolute atomic E-state index is 12.9. The third-order valence-corrected chi connectivity index (χ3v) is 5.30. The van der Waals surface area contributed by atoms with Crippen LogP contribution >= 0.6 is 11.6 Å². The fourth-order valence-electron chi connectivity index (χ4n) is 3.21. The van der Waals surface area contributed by atoms with Crippen LogP contribution in [0, 0.1) is 0 Å². The Labute approximate surface area is 172 Å². The summed E-state index contributed by atoms with van der Waals surface area (Å²) in [4.78, 5) is 12.9. The first-order valence-electron chi connectivity index (χ1n) is 9.82. The second-order valence-electron chi connectivity index (χ2n) is 6.98. The Morgan fingerprint density at radius 2 is 1.36 bits per heavy atom. The van der Waals surface area contributed by atoms with Gasteiger partial charge in [-0.2, -0.15) is 0 Å². The molecular formula is C25H26ClNO. The molecule has 3 heteroatoms. The van der Waals surface area contributed by atoms with Gasteiger partial charge >= 0.3 is 0 Å². The van der Waals surface area contributed by atoms with Gasteiger partial charge in [0, 0.05) is 22.7 Å². The van der Waals surface area contributed by atoms with Gasteiger partial charge < -0.3 is 5.32 Å². The third kappa shape index (κ3) is 5.24. The van der Waals surface area contributed by atoms with E-state index < -0.39 is 0 Å². The first kappa shape index (κ1) is 20.2. The van der Waals surface area contributed by atoms with E-state index in [0.29, 0.717) is 11.4 Å². The number of Topliss-reactive ketones (excluding diaryl/α,β-unsaturated/α-hetero) is 1. The molecule has 0 saturated carbocycles. The number of ketones is 1. The van der Waals surface area contributed by atoms with Crippen LogP contribution in [0.15, 0.2) is 72.8 Å². The fourth-order valence-corrected chi connectivity index (χ4v) is 3.34. The lowest BCUT2D eigenvalue weighted by Gasteiger charge is -2.20. The predicted molar refractivity (Wildman–Crippen MR) is 118 cm³/mol. The van der Waals surface area contributed by atoms with Crippen molar-refractivity contribution in [1.29, 1.82) is 0 Å². The van der Waals surface area contributed by atoms with Gasteiger partial charge in [0.2, 0.25) is 0 Å². The van der Waals surface area contributed by atoms with E-state index in [1.807, 2.05) is 48.5 Å². The van der Waals surface area contributed by atoms with Crippen molar-refractivity contribution < 1.29 is 4.79 Å². The molecule has 0 saturated heterocycles. The van der Waals surface area contributed by atoms with Crippen molar-refractivity contribution in [3.63, 3.8) is 0 Å². The number of hydrogen-bond acceptors (Lipinski definition) is 2. The summed E-state index contributed by atoms with van der Waals surface area (Å²) in [5, 5.41) is 4.22. The molecule has 3 rings (SSSR count). The quantitative estimate of drug-likeness (QED) is 0.423.